The summed E-state index contributed by atoms with van der Waals surface area (Å²) in [6.45, 7) is 14.4. The highest BCUT2D eigenvalue weighted by Crippen LogP contribution is 2.46. The number of aryl methyl sites for hydroxylation is 2. The number of rotatable bonds is 11. The predicted octanol–water partition coefficient (Wildman–Crippen LogP) is 8.47. The molecule has 2 heteroatoms. The summed E-state index contributed by atoms with van der Waals surface area (Å²) in [5, 5.41) is 3.58. The summed E-state index contributed by atoms with van der Waals surface area (Å²) in [4.78, 5) is 0. The summed E-state index contributed by atoms with van der Waals surface area (Å²) >= 11 is 0. The van der Waals surface area contributed by atoms with Crippen LogP contribution in [0.3, 0.4) is 0 Å². The van der Waals surface area contributed by atoms with E-state index in [0.717, 1.165) is 16.4 Å². The predicted molar refractivity (Wildman–Crippen MR) is 125 cm³/mol. The first-order chi connectivity index (χ1) is 12.6. The van der Waals surface area contributed by atoms with Gasteiger partial charge in [0.25, 0.3) is 0 Å². The van der Waals surface area contributed by atoms with Crippen molar-refractivity contribution in [1.29, 1.82) is 0 Å². The van der Waals surface area contributed by atoms with Crippen LogP contribution in [0.4, 0.5) is 0 Å². The molecule has 0 amide bonds. The van der Waals surface area contributed by atoms with Gasteiger partial charge in [0, 0.05) is 0 Å². The molecule has 0 spiro atoms. The van der Waals surface area contributed by atoms with Crippen LogP contribution >= 0.6 is 16.4 Å². The summed E-state index contributed by atoms with van der Waals surface area (Å²) < 4.78 is 0. The maximum Gasteiger partial charge on any atom is -0.00831 e. The maximum atomic E-state index is 2.58. The molecule has 0 nitrogen and oxygen atoms in total. The zero-order valence-corrected chi connectivity index (χ0v) is 20.0. The van der Waals surface area contributed by atoms with Crippen molar-refractivity contribution in [3.05, 3.63) is 44.4 Å². The summed E-state index contributed by atoms with van der Waals surface area (Å²) in [5.74, 6) is 6.55. The Hall–Kier alpha value is -0.440. The van der Waals surface area contributed by atoms with Crippen molar-refractivity contribution in [2.24, 2.45) is 0 Å². The summed E-state index contributed by atoms with van der Waals surface area (Å²) in [6, 6.07) is 0. The van der Waals surface area contributed by atoms with Crippen LogP contribution in [0, 0.1) is 0 Å². The van der Waals surface area contributed by atoms with Gasteiger partial charge in [0.05, 0.1) is 0 Å². The number of hydrogen-bond acceptors (Lipinski definition) is 0. The molecule has 146 valence electrons. The molecule has 26 heavy (non-hydrogen) atoms. The second kappa shape index (κ2) is 10.8. The Balaban J connectivity index is 2.33. The fourth-order valence-electron chi connectivity index (χ4n) is 4.41. The Morgan fingerprint density at radius 2 is 0.962 bits per heavy atom. The van der Waals surface area contributed by atoms with E-state index in [2.05, 4.69) is 53.1 Å². The minimum Gasteiger partial charge on any atom is -0.136 e. The molecule has 0 bridgehead atoms. The molecule has 2 heterocycles. The minimum atomic E-state index is 0.698. The van der Waals surface area contributed by atoms with Crippen LogP contribution < -0.4 is 0 Å². The molecule has 4 atom stereocenters. The van der Waals surface area contributed by atoms with Crippen LogP contribution in [0.2, 0.25) is 0 Å². The first-order valence-corrected chi connectivity index (χ1v) is 13.1. The van der Waals surface area contributed by atoms with E-state index in [1.54, 1.807) is 32.8 Å². The lowest BCUT2D eigenvalue weighted by atomic mass is 9.86. The SMILES string of the molecule is CCCc1c[pH]c(C(C)C(C)c2[pH]cc(CCC)c2CCC)c1CCC. The molecule has 0 saturated carbocycles. The van der Waals surface area contributed by atoms with Gasteiger partial charge >= 0.3 is 0 Å². The maximum absolute atomic E-state index is 2.58. The first-order valence-electron chi connectivity index (χ1n) is 11.0. The fraction of sp³-hybridized carbons (Fsp3) is 0.667. The lowest BCUT2D eigenvalue weighted by Gasteiger charge is -2.23. The lowest BCUT2D eigenvalue weighted by Crippen LogP contribution is -2.07. The first kappa shape index (κ1) is 21.9. The molecule has 0 saturated heterocycles. The van der Waals surface area contributed by atoms with Gasteiger partial charge in [-0.3, -0.25) is 0 Å². The highest BCUT2D eigenvalue weighted by Gasteiger charge is 2.24. The Labute approximate surface area is 165 Å². The van der Waals surface area contributed by atoms with E-state index in [9.17, 15) is 0 Å². The van der Waals surface area contributed by atoms with Crippen LogP contribution in [0.15, 0.2) is 11.6 Å². The van der Waals surface area contributed by atoms with Gasteiger partial charge in [0.2, 0.25) is 0 Å². The third-order valence-electron chi connectivity index (χ3n) is 5.93. The monoisotopic (exact) mass is 390 g/mol. The van der Waals surface area contributed by atoms with Gasteiger partial charge < -0.3 is 0 Å². The van der Waals surface area contributed by atoms with Gasteiger partial charge in [0.15, 0.2) is 0 Å². The molecule has 2 aromatic heterocycles. The van der Waals surface area contributed by atoms with Crippen molar-refractivity contribution in [1.82, 2.24) is 0 Å². The molecule has 0 radical (unpaired) electrons. The average Bonchev–Trinajstić information content (AvgIpc) is 3.20. The van der Waals surface area contributed by atoms with E-state index in [1.807, 2.05) is 0 Å². The summed E-state index contributed by atoms with van der Waals surface area (Å²) in [7, 11) is 1.87. The van der Waals surface area contributed by atoms with Crippen LogP contribution in [0.1, 0.15) is 112 Å². The van der Waals surface area contributed by atoms with Gasteiger partial charge in [-0.15, -0.1) is 16.4 Å². The van der Waals surface area contributed by atoms with Crippen molar-refractivity contribution < 1.29 is 0 Å². The molecule has 4 unspecified atom stereocenters. The van der Waals surface area contributed by atoms with Crippen molar-refractivity contribution >= 4 is 16.4 Å². The lowest BCUT2D eigenvalue weighted by molar-refractivity contribution is 0.628. The standard InChI is InChI=1S/C24H40P2/c1-7-11-19-15-25-23(21(19)13-9-3)17(5)18(6)24-22(14-10-4)20(12-8-2)16-26-24/h15-18,25-26H,7-14H2,1-6H3. The van der Waals surface area contributed by atoms with Crippen molar-refractivity contribution in [3.8, 4) is 0 Å². The fourth-order valence-corrected chi connectivity index (χ4v) is 7.65. The molecule has 0 aliphatic heterocycles. The van der Waals surface area contributed by atoms with Crippen LogP contribution in [-0.2, 0) is 25.7 Å². The molecule has 2 aromatic rings. The highest BCUT2D eigenvalue weighted by molar-refractivity contribution is 7.31. The number of hydrogen-bond donors (Lipinski definition) is 0. The molecule has 0 aliphatic carbocycles. The van der Waals surface area contributed by atoms with Crippen molar-refractivity contribution in [2.45, 2.75) is 105 Å². The minimum absolute atomic E-state index is 0.698. The summed E-state index contributed by atoms with van der Waals surface area (Å²) in [5.41, 5.74) is 6.85. The van der Waals surface area contributed by atoms with Crippen LogP contribution in [0.25, 0.3) is 0 Å². The van der Waals surface area contributed by atoms with Crippen molar-refractivity contribution in [3.63, 3.8) is 0 Å². The topological polar surface area (TPSA) is 0 Å². The zero-order valence-electron chi connectivity index (χ0n) is 18.0. The molecule has 0 N–H and O–H groups in total. The van der Waals surface area contributed by atoms with Crippen LogP contribution in [-0.4, -0.2) is 0 Å². The van der Waals surface area contributed by atoms with Crippen molar-refractivity contribution in [2.75, 3.05) is 0 Å². The third kappa shape index (κ3) is 4.88. The Morgan fingerprint density at radius 3 is 1.27 bits per heavy atom. The largest absolute Gasteiger partial charge is 0.136 e. The quantitative estimate of drug-likeness (QED) is 0.361. The van der Waals surface area contributed by atoms with Gasteiger partial charge in [-0.05, 0) is 82.0 Å². The Morgan fingerprint density at radius 1 is 0.615 bits per heavy atom. The summed E-state index contributed by atoms with van der Waals surface area (Å²) in [6.07, 6.45) is 10.2. The molecular weight excluding hydrogens is 350 g/mol. The molecule has 0 fully saturated rings. The van der Waals surface area contributed by atoms with E-state index in [1.165, 1.54) is 51.4 Å². The molecular formula is C24H40P2. The smallest absolute Gasteiger partial charge is 0.00831 e. The van der Waals surface area contributed by atoms with Gasteiger partial charge in [-0.25, -0.2) is 0 Å². The Kier molecular flexibility index (Phi) is 9.06. The molecule has 0 aromatic carbocycles. The van der Waals surface area contributed by atoms with E-state index in [0.29, 0.717) is 11.8 Å². The normalized spacial score (nSPS) is 14.5. The molecule has 2 rings (SSSR count). The van der Waals surface area contributed by atoms with E-state index in [4.69, 9.17) is 0 Å². The van der Waals surface area contributed by atoms with Gasteiger partial charge in [0.1, 0.15) is 0 Å². The van der Waals surface area contributed by atoms with Gasteiger partial charge in [-0.1, -0.05) is 67.2 Å². The van der Waals surface area contributed by atoms with E-state index >= 15 is 0 Å². The molecule has 0 aliphatic rings. The highest BCUT2D eigenvalue weighted by atomic mass is 31.0. The Bertz CT molecular complexity index is 604. The third-order valence-corrected chi connectivity index (χ3v) is 9.05. The average molecular weight is 391 g/mol. The second-order valence-electron chi connectivity index (χ2n) is 7.99. The van der Waals surface area contributed by atoms with E-state index in [-0.39, 0.29) is 0 Å². The zero-order chi connectivity index (χ0) is 19.1. The van der Waals surface area contributed by atoms with Crippen LogP contribution in [0.5, 0.6) is 0 Å². The van der Waals surface area contributed by atoms with E-state index < -0.39 is 0 Å². The van der Waals surface area contributed by atoms with Gasteiger partial charge in [-0.2, -0.15) is 0 Å². The second-order valence-corrected chi connectivity index (χ2v) is 10.2.